The van der Waals surface area contributed by atoms with Crippen molar-refractivity contribution in [3.8, 4) is 0 Å². The van der Waals surface area contributed by atoms with Crippen LogP contribution in [0.5, 0.6) is 0 Å². The van der Waals surface area contributed by atoms with Crippen molar-refractivity contribution in [2.75, 3.05) is 0 Å². The van der Waals surface area contributed by atoms with E-state index >= 15 is 0 Å². The van der Waals surface area contributed by atoms with Crippen LogP contribution in [-0.2, 0) is 0 Å². The van der Waals surface area contributed by atoms with Crippen LogP contribution in [0.15, 0.2) is 65.1 Å². The molecule has 7 aromatic carbocycles. The normalized spacial score (nSPS) is 16.5. The second-order valence-electron chi connectivity index (χ2n) is 9.30. The molecule has 0 aromatic heterocycles. The highest BCUT2D eigenvalue weighted by molar-refractivity contribution is 9.14. The van der Waals surface area contributed by atoms with Gasteiger partial charge < -0.3 is 0 Å². The fraction of sp³-hybridized carbons (Fsp3) is 0.0333. The van der Waals surface area contributed by atoms with Gasteiger partial charge >= 0.3 is 0 Å². The first-order valence-corrected chi connectivity index (χ1v) is 13.7. The van der Waals surface area contributed by atoms with Crippen LogP contribution in [0, 0.1) is 0 Å². The lowest BCUT2D eigenvalue weighted by molar-refractivity contribution is 0.100. The number of halogens is 4. The van der Waals surface area contributed by atoms with Crippen molar-refractivity contribution in [1.82, 2.24) is 0 Å². The SMILES string of the molecule is O=C1c2cc3cc(Cl)c4cc5c6ccccc6cc6cc(Cl)c7cc(c2C=C(Br)C1Br)c3c4c7c65. The molecular formula is C30H12Br2Cl2O. The summed E-state index contributed by atoms with van der Waals surface area (Å²) in [5.41, 5.74) is 1.61. The van der Waals surface area contributed by atoms with Gasteiger partial charge in [0.05, 0.1) is 0 Å². The van der Waals surface area contributed by atoms with Gasteiger partial charge in [-0.1, -0.05) is 79.3 Å². The van der Waals surface area contributed by atoms with Gasteiger partial charge in [-0.3, -0.25) is 4.79 Å². The summed E-state index contributed by atoms with van der Waals surface area (Å²) in [6.07, 6.45) is 2.05. The van der Waals surface area contributed by atoms with E-state index in [1.807, 2.05) is 18.2 Å². The molecule has 1 nitrogen and oxygen atoms in total. The van der Waals surface area contributed by atoms with E-state index in [0.29, 0.717) is 15.6 Å². The van der Waals surface area contributed by atoms with Gasteiger partial charge in [-0.15, -0.1) is 0 Å². The predicted octanol–water partition coefficient (Wildman–Crippen LogP) is 10.5. The van der Waals surface area contributed by atoms with Gasteiger partial charge in [-0.2, -0.15) is 0 Å². The molecule has 0 amide bonds. The van der Waals surface area contributed by atoms with Crippen molar-refractivity contribution in [1.29, 1.82) is 0 Å². The second-order valence-corrected chi connectivity index (χ2v) is 11.9. The third kappa shape index (κ3) is 2.52. The predicted molar refractivity (Wildman–Crippen MR) is 158 cm³/mol. The monoisotopic (exact) mass is 616 g/mol. The molecule has 166 valence electrons. The fourth-order valence-corrected chi connectivity index (χ4v) is 7.43. The number of allylic oxidation sites excluding steroid dienone is 1. The first kappa shape index (κ1) is 20.7. The van der Waals surface area contributed by atoms with Crippen LogP contribution in [0.25, 0.3) is 70.7 Å². The number of benzene rings is 7. The molecule has 0 spiro atoms. The number of ketones is 1. The maximum absolute atomic E-state index is 13.2. The minimum Gasteiger partial charge on any atom is -0.292 e. The molecule has 0 heterocycles. The van der Waals surface area contributed by atoms with Crippen LogP contribution in [0.4, 0.5) is 0 Å². The number of fused-ring (bicyclic) bond motifs is 4. The third-order valence-electron chi connectivity index (χ3n) is 7.52. The van der Waals surface area contributed by atoms with E-state index in [-0.39, 0.29) is 10.6 Å². The van der Waals surface area contributed by atoms with Crippen molar-refractivity contribution in [2.24, 2.45) is 0 Å². The van der Waals surface area contributed by atoms with Crippen molar-refractivity contribution >= 4 is 132 Å². The van der Waals surface area contributed by atoms with E-state index in [2.05, 4.69) is 80.4 Å². The molecule has 5 heteroatoms. The van der Waals surface area contributed by atoms with Gasteiger partial charge in [-0.25, -0.2) is 0 Å². The molecule has 0 bridgehead atoms. The van der Waals surface area contributed by atoms with Crippen LogP contribution >= 0.6 is 55.1 Å². The van der Waals surface area contributed by atoms with Gasteiger partial charge in [0.25, 0.3) is 0 Å². The summed E-state index contributed by atoms with van der Waals surface area (Å²) in [6.45, 7) is 0. The molecule has 1 aliphatic rings. The number of alkyl halides is 1. The number of carbonyl (C=O) groups excluding carboxylic acids is 1. The molecule has 1 atom stereocenters. The molecule has 0 saturated heterocycles. The Hall–Kier alpha value is -2.43. The van der Waals surface area contributed by atoms with Crippen molar-refractivity contribution in [3.05, 3.63) is 86.3 Å². The summed E-state index contributed by atoms with van der Waals surface area (Å²) < 4.78 is 0.817. The van der Waals surface area contributed by atoms with Gasteiger partial charge in [0.15, 0.2) is 5.78 Å². The molecule has 7 aromatic rings. The summed E-state index contributed by atoms with van der Waals surface area (Å²) >= 11 is 21.1. The van der Waals surface area contributed by atoms with Crippen LogP contribution < -0.4 is 0 Å². The average Bonchev–Trinajstić information content (AvgIpc) is 2.85. The lowest BCUT2D eigenvalue weighted by Gasteiger charge is -2.24. The second kappa shape index (κ2) is 6.86. The van der Waals surface area contributed by atoms with Crippen molar-refractivity contribution in [2.45, 2.75) is 4.83 Å². The number of rotatable bonds is 0. The molecule has 0 saturated carbocycles. The van der Waals surface area contributed by atoms with Crippen molar-refractivity contribution < 1.29 is 4.79 Å². The van der Waals surface area contributed by atoms with Crippen LogP contribution in [0.3, 0.4) is 0 Å². The molecule has 35 heavy (non-hydrogen) atoms. The van der Waals surface area contributed by atoms with E-state index in [1.54, 1.807) is 0 Å². The zero-order chi connectivity index (χ0) is 23.7. The molecule has 0 aliphatic heterocycles. The summed E-state index contributed by atoms with van der Waals surface area (Å²) in [5, 5.41) is 14.6. The number of hydrogen-bond acceptors (Lipinski definition) is 1. The van der Waals surface area contributed by atoms with E-state index in [9.17, 15) is 4.79 Å². The van der Waals surface area contributed by atoms with Gasteiger partial charge in [0, 0.05) is 41.6 Å². The molecule has 0 fully saturated rings. The standard InChI is InChI=1S/C30H12Br2Cl2O/c31-22-11-16-18-10-21-23(33)7-13-5-12-3-1-2-4-15(12)17-9-20-24(34)8-14(6-19(16)30(35)29(22)32)26(18)28(20)27(21)25(13)17/h1-11,29H. The summed E-state index contributed by atoms with van der Waals surface area (Å²) in [5.74, 6) is 0.0329. The van der Waals surface area contributed by atoms with Crippen LogP contribution in [0.2, 0.25) is 10.0 Å². The lowest BCUT2D eigenvalue weighted by Crippen LogP contribution is -2.19. The zero-order valence-electron chi connectivity index (χ0n) is 17.8. The number of Topliss-reactive ketones (excluding diaryl/α,β-unsaturated/α-hetero) is 1. The highest BCUT2D eigenvalue weighted by Crippen LogP contribution is 2.50. The zero-order valence-corrected chi connectivity index (χ0v) is 22.5. The Morgan fingerprint density at radius 3 is 2.03 bits per heavy atom. The first-order chi connectivity index (χ1) is 16.9. The highest BCUT2D eigenvalue weighted by atomic mass is 79.9. The molecular weight excluding hydrogens is 607 g/mol. The minimum absolute atomic E-state index is 0.0329. The third-order valence-corrected chi connectivity index (χ3v) is 10.4. The molecule has 0 N–H and O–H groups in total. The Kier molecular flexibility index (Phi) is 4.06. The van der Waals surface area contributed by atoms with Crippen molar-refractivity contribution in [3.63, 3.8) is 0 Å². The summed E-state index contributed by atoms with van der Waals surface area (Å²) in [7, 11) is 0. The highest BCUT2D eigenvalue weighted by Gasteiger charge is 2.30. The summed E-state index contributed by atoms with van der Waals surface area (Å²) in [6, 6.07) is 21.1. The molecule has 1 aliphatic carbocycles. The lowest BCUT2D eigenvalue weighted by atomic mass is 9.82. The van der Waals surface area contributed by atoms with Crippen LogP contribution in [-0.4, -0.2) is 10.6 Å². The first-order valence-electron chi connectivity index (χ1n) is 11.2. The maximum Gasteiger partial charge on any atom is 0.182 e. The Labute approximate surface area is 226 Å². The van der Waals surface area contributed by atoms with E-state index in [4.69, 9.17) is 23.2 Å². The Morgan fingerprint density at radius 2 is 1.29 bits per heavy atom. The smallest absolute Gasteiger partial charge is 0.182 e. The number of hydrogen-bond donors (Lipinski definition) is 0. The van der Waals surface area contributed by atoms with E-state index in [0.717, 1.165) is 53.1 Å². The molecule has 1 unspecified atom stereocenters. The summed E-state index contributed by atoms with van der Waals surface area (Å²) in [4.78, 5) is 12.8. The average molecular weight is 619 g/mol. The fourth-order valence-electron chi connectivity index (χ4n) is 6.08. The Balaban J connectivity index is 1.73. The molecule has 0 radical (unpaired) electrons. The largest absolute Gasteiger partial charge is 0.292 e. The van der Waals surface area contributed by atoms with Gasteiger partial charge in [0.1, 0.15) is 4.83 Å². The topological polar surface area (TPSA) is 17.1 Å². The number of carbonyl (C=O) groups is 1. The maximum atomic E-state index is 13.2. The van der Waals surface area contributed by atoms with E-state index < -0.39 is 0 Å². The van der Waals surface area contributed by atoms with Gasteiger partial charge in [-0.05, 0) is 91.1 Å². The Morgan fingerprint density at radius 1 is 0.657 bits per heavy atom. The minimum atomic E-state index is -0.389. The Bertz CT molecular complexity index is 2130. The van der Waals surface area contributed by atoms with E-state index in [1.165, 1.54) is 21.5 Å². The van der Waals surface area contributed by atoms with Crippen LogP contribution in [0.1, 0.15) is 15.9 Å². The van der Waals surface area contributed by atoms with Gasteiger partial charge in [0.2, 0.25) is 0 Å². The molecule has 8 rings (SSSR count). The quantitative estimate of drug-likeness (QED) is 0.0939.